The zero-order chi connectivity index (χ0) is 14.0. The summed E-state index contributed by atoms with van der Waals surface area (Å²) in [4.78, 5) is 26.6. The molecule has 1 aliphatic rings. The van der Waals surface area contributed by atoms with Gasteiger partial charge in [0.25, 0.3) is 0 Å². The lowest BCUT2D eigenvalue weighted by Crippen LogP contribution is -2.46. The minimum absolute atomic E-state index is 0.0206. The number of carboxylic acids is 1. The van der Waals surface area contributed by atoms with Gasteiger partial charge in [-0.2, -0.15) is 0 Å². The molecule has 0 bridgehead atoms. The van der Waals surface area contributed by atoms with Crippen LogP contribution in [0.15, 0.2) is 18.2 Å². The fourth-order valence-electron chi connectivity index (χ4n) is 2.17. The summed E-state index contributed by atoms with van der Waals surface area (Å²) in [5.41, 5.74) is 1.73. The predicted molar refractivity (Wildman–Crippen MR) is 73.0 cm³/mol. The van der Waals surface area contributed by atoms with Gasteiger partial charge in [-0.3, -0.25) is 4.79 Å². The summed E-state index contributed by atoms with van der Waals surface area (Å²) in [5, 5.41) is 12.0. The van der Waals surface area contributed by atoms with E-state index in [1.54, 1.807) is 23.1 Å². The first kappa shape index (κ1) is 13.4. The van der Waals surface area contributed by atoms with Crippen molar-refractivity contribution in [3.8, 4) is 0 Å². The van der Waals surface area contributed by atoms with Gasteiger partial charge in [0, 0.05) is 20.1 Å². The highest BCUT2D eigenvalue weighted by Crippen LogP contribution is 2.33. The van der Waals surface area contributed by atoms with E-state index in [0.717, 1.165) is 5.69 Å². The lowest BCUT2D eigenvalue weighted by atomic mass is 10.1. The first-order chi connectivity index (χ1) is 9.04. The number of carboxylic acid groups (broad SMARTS) is 1. The molecule has 0 aromatic heterocycles. The average Bonchev–Trinajstić information content (AvgIpc) is 2.37. The van der Waals surface area contributed by atoms with E-state index in [1.165, 1.54) is 0 Å². The summed E-state index contributed by atoms with van der Waals surface area (Å²) in [5.74, 6) is -1.01. The number of hydrogen-bond donors (Lipinski definition) is 2. The molecule has 0 unspecified atom stereocenters. The highest BCUT2D eigenvalue weighted by atomic mass is 16.4. The molecule has 6 nitrogen and oxygen atoms in total. The van der Waals surface area contributed by atoms with Gasteiger partial charge in [-0.05, 0) is 25.2 Å². The van der Waals surface area contributed by atoms with Crippen LogP contribution in [0.3, 0.4) is 0 Å². The molecule has 2 N–H and O–H groups in total. The Bertz CT molecular complexity index is 516. The standard InChI is InChI=1S/C13H17N3O3/c1-14-5-6-16-11-7-9(13(18)19)3-4-10(11)15(2)8-12(16)17/h3-4,7,14H,5-6,8H2,1-2H3,(H,18,19). The number of carbonyl (C=O) groups excluding carboxylic acids is 1. The van der Waals surface area contributed by atoms with Crippen LogP contribution in [0.1, 0.15) is 10.4 Å². The normalized spacial score (nSPS) is 14.5. The maximum absolute atomic E-state index is 12.1. The average molecular weight is 263 g/mol. The second kappa shape index (κ2) is 5.27. The van der Waals surface area contributed by atoms with Crippen molar-refractivity contribution >= 4 is 23.3 Å². The molecule has 1 amide bonds. The van der Waals surface area contributed by atoms with Gasteiger partial charge in [0.15, 0.2) is 0 Å². The van der Waals surface area contributed by atoms with Crippen molar-refractivity contribution in [1.82, 2.24) is 5.32 Å². The number of carbonyl (C=O) groups is 2. The Morgan fingerprint density at radius 2 is 2.16 bits per heavy atom. The Kier molecular flexibility index (Phi) is 3.71. The van der Waals surface area contributed by atoms with Crippen molar-refractivity contribution in [1.29, 1.82) is 0 Å². The topological polar surface area (TPSA) is 72.9 Å². The van der Waals surface area contributed by atoms with Gasteiger partial charge in [0.2, 0.25) is 5.91 Å². The molecule has 0 aliphatic carbocycles. The summed E-state index contributed by atoms with van der Waals surface area (Å²) in [7, 11) is 3.64. The number of nitrogens with zero attached hydrogens (tertiary/aromatic N) is 2. The number of nitrogens with one attached hydrogen (secondary N) is 1. The van der Waals surface area contributed by atoms with Crippen LogP contribution < -0.4 is 15.1 Å². The predicted octanol–water partition coefficient (Wildman–Crippen LogP) is 0.387. The van der Waals surface area contributed by atoms with Crippen molar-refractivity contribution in [2.45, 2.75) is 0 Å². The Morgan fingerprint density at radius 1 is 1.42 bits per heavy atom. The third-order valence-corrected chi connectivity index (χ3v) is 3.18. The third kappa shape index (κ3) is 2.53. The fraction of sp³-hybridized carbons (Fsp3) is 0.385. The van der Waals surface area contributed by atoms with Crippen LogP contribution >= 0.6 is 0 Å². The third-order valence-electron chi connectivity index (χ3n) is 3.18. The molecule has 0 fully saturated rings. The van der Waals surface area contributed by atoms with Crippen molar-refractivity contribution in [3.05, 3.63) is 23.8 Å². The van der Waals surface area contributed by atoms with Crippen LogP contribution in [0.5, 0.6) is 0 Å². The van der Waals surface area contributed by atoms with Crippen molar-refractivity contribution in [2.75, 3.05) is 43.5 Å². The van der Waals surface area contributed by atoms with Crippen molar-refractivity contribution < 1.29 is 14.7 Å². The molecule has 1 aromatic rings. The van der Waals surface area contributed by atoms with Gasteiger partial charge in [-0.15, -0.1) is 0 Å². The Balaban J connectivity index is 2.43. The molecule has 1 aliphatic heterocycles. The lowest BCUT2D eigenvalue weighted by Gasteiger charge is -2.35. The molecule has 2 rings (SSSR count). The summed E-state index contributed by atoms with van der Waals surface area (Å²) >= 11 is 0. The summed E-state index contributed by atoms with van der Waals surface area (Å²) in [6.07, 6.45) is 0. The van der Waals surface area contributed by atoms with Gasteiger partial charge in [-0.25, -0.2) is 4.79 Å². The summed E-state index contributed by atoms with van der Waals surface area (Å²) < 4.78 is 0. The van der Waals surface area contributed by atoms with Crippen LogP contribution in [-0.4, -0.2) is 50.7 Å². The van der Waals surface area contributed by atoms with Crippen LogP contribution in [0.4, 0.5) is 11.4 Å². The number of benzene rings is 1. The first-order valence-electron chi connectivity index (χ1n) is 6.08. The largest absolute Gasteiger partial charge is 0.478 e. The second-order valence-corrected chi connectivity index (χ2v) is 4.51. The van der Waals surface area contributed by atoms with Gasteiger partial charge in [0.05, 0.1) is 23.5 Å². The van der Waals surface area contributed by atoms with Gasteiger partial charge < -0.3 is 20.2 Å². The van der Waals surface area contributed by atoms with E-state index in [9.17, 15) is 9.59 Å². The van der Waals surface area contributed by atoms with E-state index < -0.39 is 5.97 Å². The molecule has 1 aromatic carbocycles. The molecule has 1 heterocycles. The molecular formula is C13H17N3O3. The minimum atomic E-state index is -0.989. The van der Waals surface area contributed by atoms with Crippen LogP contribution in [0, 0.1) is 0 Å². The number of hydrogen-bond acceptors (Lipinski definition) is 4. The fourth-order valence-corrected chi connectivity index (χ4v) is 2.17. The van der Waals surface area contributed by atoms with Crippen molar-refractivity contribution in [3.63, 3.8) is 0 Å². The number of aromatic carboxylic acids is 1. The minimum Gasteiger partial charge on any atom is -0.478 e. The monoisotopic (exact) mass is 263 g/mol. The van der Waals surface area contributed by atoms with Crippen LogP contribution in [0.25, 0.3) is 0 Å². The second-order valence-electron chi connectivity index (χ2n) is 4.51. The highest BCUT2D eigenvalue weighted by Gasteiger charge is 2.27. The molecule has 0 radical (unpaired) electrons. The number of anilines is 2. The van der Waals surface area contributed by atoms with Gasteiger partial charge in [0.1, 0.15) is 0 Å². The molecule has 0 atom stereocenters. The number of rotatable bonds is 4. The molecule has 19 heavy (non-hydrogen) atoms. The first-order valence-corrected chi connectivity index (χ1v) is 6.08. The van der Waals surface area contributed by atoms with E-state index in [1.807, 2.05) is 19.0 Å². The number of amides is 1. The van der Waals surface area contributed by atoms with Crippen molar-refractivity contribution in [2.24, 2.45) is 0 Å². The summed E-state index contributed by atoms with van der Waals surface area (Å²) in [6, 6.07) is 4.86. The van der Waals surface area contributed by atoms with Gasteiger partial charge in [-0.1, -0.05) is 0 Å². The highest BCUT2D eigenvalue weighted by molar-refractivity contribution is 6.04. The zero-order valence-corrected chi connectivity index (χ0v) is 11.0. The van der Waals surface area contributed by atoms with Crippen LogP contribution in [0.2, 0.25) is 0 Å². The molecule has 0 spiro atoms. The molecular weight excluding hydrogens is 246 g/mol. The van der Waals surface area contributed by atoms with Gasteiger partial charge >= 0.3 is 5.97 Å². The Labute approximate surface area is 111 Å². The van der Waals surface area contributed by atoms with E-state index in [-0.39, 0.29) is 11.5 Å². The zero-order valence-electron chi connectivity index (χ0n) is 11.0. The van der Waals surface area contributed by atoms with E-state index in [0.29, 0.717) is 25.3 Å². The molecule has 0 saturated carbocycles. The SMILES string of the molecule is CNCCN1C(=O)CN(C)c2ccc(C(=O)O)cc21. The quantitative estimate of drug-likeness (QED) is 0.822. The van der Waals surface area contributed by atoms with Crippen LogP contribution in [-0.2, 0) is 4.79 Å². The smallest absolute Gasteiger partial charge is 0.335 e. The Morgan fingerprint density at radius 3 is 2.79 bits per heavy atom. The van der Waals surface area contributed by atoms with E-state index in [2.05, 4.69) is 5.32 Å². The molecule has 0 saturated heterocycles. The van der Waals surface area contributed by atoms with E-state index >= 15 is 0 Å². The molecule has 102 valence electrons. The molecule has 6 heteroatoms. The maximum Gasteiger partial charge on any atom is 0.335 e. The van der Waals surface area contributed by atoms with E-state index in [4.69, 9.17) is 5.11 Å². The number of likely N-dealkylation sites (N-methyl/N-ethyl adjacent to an activating group) is 2. The maximum atomic E-state index is 12.1. The number of fused-ring (bicyclic) bond motifs is 1. The Hall–Kier alpha value is -2.08. The summed E-state index contributed by atoms with van der Waals surface area (Å²) in [6.45, 7) is 1.49. The lowest BCUT2D eigenvalue weighted by molar-refractivity contribution is -0.117.